The molecule has 102 valence electrons. The molecule has 0 saturated heterocycles. The van der Waals surface area contributed by atoms with Gasteiger partial charge in [0, 0.05) is 0 Å². The predicted octanol–water partition coefficient (Wildman–Crippen LogP) is 0.0806. The van der Waals surface area contributed by atoms with E-state index in [1.165, 1.54) is 22.7 Å². The molecule has 1 atom stereocenters. The number of anilines is 1. The molecule has 0 spiro atoms. The normalized spacial score (nSPS) is 12.7. The molecule has 2 aromatic rings. The lowest BCUT2D eigenvalue weighted by Crippen LogP contribution is -2.23. The Morgan fingerprint density at radius 2 is 2.42 bits per heavy atom. The lowest BCUT2D eigenvalue weighted by atomic mass is 10.2. The van der Waals surface area contributed by atoms with Gasteiger partial charge >= 0.3 is 5.97 Å². The molecule has 0 aliphatic rings. The van der Waals surface area contributed by atoms with E-state index in [4.69, 9.17) is 5.73 Å². The molecular weight excluding hydrogens is 270 g/mol. The first-order valence-electron chi connectivity index (χ1n) is 5.48. The SMILES string of the molecule is CSCCC(C(=O)O)n1cnc2nc(N)[nH]c(=O)c21. The van der Waals surface area contributed by atoms with Crippen molar-refractivity contribution >= 4 is 34.8 Å². The molecule has 8 nitrogen and oxygen atoms in total. The van der Waals surface area contributed by atoms with Crippen LogP contribution in [0.1, 0.15) is 12.5 Å². The Morgan fingerprint density at radius 3 is 3.05 bits per heavy atom. The number of carboxylic acids is 1. The Bertz CT molecular complexity index is 665. The van der Waals surface area contributed by atoms with Crippen molar-refractivity contribution in [1.29, 1.82) is 0 Å². The van der Waals surface area contributed by atoms with Crippen molar-refractivity contribution in [1.82, 2.24) is 19.5 Å². The lowest BCUT2D eigenvalue weighted by molar-refractivity contribution is -0.140. The Balaban J connectivity index is 2.54. The number of carboxylic acid groups (broad SMARTS) is 1. The van der Waals surface area contributed by atoms with Crippen molar-refractivity contribution in [3.63, 3.8) is 0 Å². The number of nitrogens with one attached hydrogen (secondary N) is 1. The number of nitrogens with zero attached hydrogens (tertiary/aromatic N) is 3. The van der Waals surface area contributed by atoms with Gasteiger partial charge in [0.1, 0.15) is 6.04 Å². The topological polar surface area (TPSA) is 127 Å². The Morgan fingerprint density at radius 1 is 1.68 bits per heavy atom. The zero-order valence-corrected chi connectivity index (χ0v) is 11.0. The quantitative estimate of drug-likeness (QED) is 0.709. The summed E-state index contributed by atoms with van der Waals surface area (Å²) in [6.07, 6.45) is 3.59. The van der Waals surface area contributed by atoms with Crippen molar-refractivity contribution in [3.8, 4) is 0 Å². The molecule has 0 saturated carbocycles. The number of hydrogen-bond acceptors (Lipinski definition) is 6. The molecule has 0 amide bonds. The summed E-state index contributed by atoms with van der Waals surface area (Å²) < 4.78 is 1.33. The van der Waals surface area contributed by atoms with E-state index in [-0.39, 0.29) is 17.1 Å². The van der Waals surface area contributed by atoms with Crippen molar-refractivity contribution in [3.05, 3.63) is 16.7 Å². The van der Waals surface area contributed by atoms with Crippen molar-refractivity contribution in [2.45, 2.75) is 12.5 Å². The van der Waals surface area contributed by atoms with Crippen LogP contribution in [0.3, 0.4) is 0 Å². The summed E-state index contributed by atoms with van der Waals surface area (Å²) in [6, 6.07) is -0.844. The second kappa shape index (κ2) is 5.31. The summed E-state index contributed by atoms with van der Waals surface area (Å²) in [5.74, 6) is -0.389. The minimum atomic E-state index is -1.01. The highest BCUT2D eigenvalue weighted by Gasteiger charge is 2.23. The van der Waals surface area contributed by atoms with Gasteiger partial charge in [-0.3, -0.25) is 9.78 Å². The van der Waals surface area contributed by atoms with Crippen molar-refractivity contribution in [2.75, 3.05) is 17.7 Å². The minimum absolute atomic E-state index is 0.0428. The van der Waals surface area contributed by atoms with E-state index in [2.05, 4.69) is 15.0 Å². The number of aromatic nitrogens is 4. The summed E-state index contributed by atoms with van der Waals surface area (Å²) in [5.41, 5.74) is 5.20. The first kappa shape index (κ1) is 13.4. The third-order valence-electron chi connectivity index (χ3n) is 2.67. The van der Waals surface area contributed by atoms with Crippen LogP contribution in [0, 0.1) is 0 Å². The van der Waals surface area contributed by atoms with Gasteiger partial charge in [0.05, 0.1) is 6.33 Å². The van der Waals surface area contributed by atoms with Gasteiger partial charge in [0.15, 0.2) is 11.2 Å². The van der Waals surface area contributed by atoms with Crippen LogP contribution in [-0.2, 0) is 4.79 Å². The van der Waals surface area contributed by atoms with Crippen LogP contribution < -0.4 is 11.3 Å². The van der Waals surface area contributed by atoms with Gasteiger partial charge in [-0.05, 0) is 18.4 Å². The summed E-state index contributed by atoms with van der Waals surface area (Å²) in [4.78, 5) is 33.3. The molecule has 2 heterocycles. The Labute approximate surface area is 112 Å². The first-order chi connectivity index (χ1) is 9.04. The number of aromatic amines is 1. The maximum Gasteiger partial charge on any atom is 0.326 e. The van der Waals surface area contributed by atoms with Crippen LogP contribution in [0.15, 0.2) is 11.1 Å². The number of nitrogen functional groups attached to an aromatic ring is 1. The summed E-state index contributed by atoms with van der Waals surface area (Å²) in [5, 5.41) is 9.26. The van der Waals surface area contributed by atoms with E-state index in [1.54, 1.807) is 0 Å². The second-order valence-corrected chi connectivity index (χ2v) is 4.90. The molecule has 19 heavy (non-hydrogen) atoms. The van der Waals surface area contributed by atoms with Gasteiger partial charge in [0.2, 0.25) is 5.95 Å². The number of nitrogens with two attached hydrogens (primary N) is 1. The number of imidazole rings is 1. The maximum absolute atomic E-state index is 11.8. The van der Waals surface area contributed by atoms with E-state index < -0.39 is 17.6 Å². The van der Waals surface area contributed by atoms with Gasteiger partial charge < -0.3 is 15.4 Å². The largest absolute Gasteiger partial charge is 0.480 e. The van der Waals surface area contributed by atoms with Crippen LogP contribution in [0.4, 0.5) is 5.95 Å². The number of fused-ring (bicyclic) bond motifs is 1. The lowest BCUT2D eigenvalue weighted by Gasteiger charge is -2.13. The molecule has 2 rings (SSSR count). The Kier molecular flexibility index (Phi) is 3.74. The summed E-state index contributed by atoms with van der Waals surface area (Å²) in [6.45, 7) is 0. The highest BCUT2D eigenvalue weighted by molar-refractivity contribution is 7.98. The third kappa shape index (κ3) is 2.55. The average molecular weight is 283 g/mol. The molecule has 1 unspecified atom stereocenters. The monoisotopic (exact) mass is 283 g/mol. The van der Waals surface area contributed by atoms with Crippen LogP contribution >= 0.6 is 11.8 Å². The minimum Gasteiger partial charge on any atom is -0.480 e. The van der Waals surface area contributed by atoms with Gasteiger partial charge in [-0.15, -0.1) is 0 Å². The van der Waals surface area contributed by atoms with E-state index in [9.17, 15) is 14.7 Å². The Hall–Kier alpha value is -2.03. The molecule has 0 aliphatic heterocycles. The van der Waals surface area contributed by atoms with E-state index in [0.717, 1.165) is 0 Å². The molecule has 0 bridgehead atoms. The number of hydrogen-bond donors (Lipinski definition) is 3. The van der Waals surface area contributed by atoms with Crippen LogP contribution in [0.5, 0.6) is 0 Å². The number of rotatable bonds is 5. The smallest absolute Gasteiger partial charge is 0.326 e. The molecule has 0 fully saturated rings. The molecule has 0 aromatic carbocycles. The van der Waals surface area contributed by atoms with Gasteiger partial charge in [-0.1, -0.05) is 0 Å². The van der Waals surface area contributed by atoms with Crippen molar-refractivity contribution in [2.24, 2.45) is 0 Å². The molecule has 0 radical (unpaired) electrons. The van der Waals surface area contributed by atoms with E-state index in [1.807, 2.05) is 6.26 Å². The van der Waals surface area contributed by atoms with Gasteiger partial charge in [-0.25, -0.2) is 9.78 Å². The first-order valence-corrected chi connectivity index (χ1v) is 6.88. The third-order valence-corrected chi connectivity index (χ3v) is 3.32. The number of thioether (sulfide) groups is 1. The number of H-pyrrole nitrogens is 1. The zero-order chi connectivity index (χ0) is 14.0. The highest BCUT2D eigenvalue weighted by atomic mass is 32.2. The molecular formula is C10H13N5O3S. The molecule has 9 heteroatoms. The molecule has 0 aliphatic carbocycles. The molecule has 2 aromatic heterocycles. The highest BCUT2D eigenvalue weighted by Crippen LogP contribution is 2.18. The maximum atomic E-state index is 11.8. The van der Waals surface area contributed by atoms with Gasteiger partial charge in [-0.2, -0.15) is 16.7 Å². The van der Waals surface area contributed by atoms with Gasteiger partial charge in [0.25, 0.3) is 5.56 Å². The predicted molar refractivity (Wildman–Crippen MR) is 72.2 cm³/mol. The van der Waals surface area contributed by atoms with Crippen LogP contribution in [-0.4, -0.2) is 42.6 Å². The van der Waals surface area contributed by atoms with Crippen molar-refractivity contribution < 1.29 is 9.90 Å². The fraction of sp³-hybridized carbons (Fsp3) is 0.400. The fourth-order valence-corrected chi connectivity index (χ4v) is 2.28. The average Bonchev–Trinajstić information content (AvgIpc) is 2.73. The van der Waals surface area contributed by atoms with Crippen LogP contribution in [0.25, 0.3) is 11.2 Å². The standard InChI is InChI=1S/C10H13N5O3S/c1-19-3-2-5(9(17)18)15-4-12-7-6(15)8(16)14-10(11)13-7/h4-5H,2-3H2,1H3,(H,17,18)(H3,11,13,14,16). The summed E-state index contributed by atoms with van der Waals surface area (Å²) in [7, 11) is 0. The van der Waals surface area contributed by atoms with Crippen LogP contribution in [0.2, 0.25) is 0 Å². The summed E-state index contributed by atoms with van der Waals surface area (Å²) >= 11 is 1.54. The fourth-order valence-electron chi connectivity index (χ4n) is 1.82. The second-order valence-electron chi connectivity index (χ2n) is 3.91. The number of carbonyl (C=O) groups is 1. The van der Waals surface area contributed by atoms with E-state index in [0.29, 0.717) is 12.2 Å². The van der Waals surface area contributed by atoms with E-state index >= 15 is 0 Å². The zero-order valence-electron chi connectivity index (χ0n) is 10.2. The molecule has 4 N–H and O–H groups in total. The number of aliphatic carboxylic acids is 1.